The van der Waals surface area contributed by atoms with Crippen molar-refractivity contribution in [2.75, 3.05) is 26.7 Å². The Morgan fingerprint density at radius 1 is 1.14 bits per heavy atom. The standard InChI is InChI=1S/C22H41N3O2.2H2S/c1-17(2)20(27)22(6)12-10-8-9-11-14-25(7)15-13-21(5,24-18(3)4)19(26)16-23-22;;/h9,11,17-18,23-24H,8,10,12-16H2,1-7H3;2*1H2/t21-,22-;;/m0../s1. The second-order valence-electron chi connectivity index (χ2n) is 9.13. The minimum atomic E-state index is -0.655. The normalized spacial score (nSPS) is 27.8. The van der Waals surface area contributed by atoms with Crippen molar-refractivity contribution >= 4 is 38.6 Å². The van der Waals surface area contributed by atoms with Gasteiger partial charge in [0.05, 0.1) is 17.6 Å². The van der Waals surface area contributed by atoms with Gasteiger partial charge in [0.25, 0.3) is 0 Å². The Morgan fingerprint density at radius 3 is 2.31 bits per heavy atom. The summed E-state index contributed by atoms with van der Waals surface area (Å²) in [7, 11) is 2.09. The molecule has 0 aromatic carbocycles. The third-order valence-corrected chi connectivity index (χ3v) is 5.55. The number of hydrogen-bond acceptors (Lipinski definition) is 5. The molecule has 0 aromatic rings. The van der Waals surface area contributed by atoms with Gasteiger partial charge in [0.15, 0.2) is 11.6 Å². The number of allylic oxidation sites excluding steroid dienone is 1. The largest absolute Gasteiger partial charge is 0.303 e. The third kappa shape index (κ3) is 10.0. The summed E-state index contributed by atoms with van der Waals surface area (Å²) in [5, 5.41) is 6.81. The fourth-order valence-corrected chi connectivity index (χ4v) is 3.79. The second kappa shape index (κ2) is 13.9. The number of hydrogen-bond donors (Lipinski definition) is 2. The van der Waals surface area contributed by atoms with E-state index >= 15 is 0 Å². The molecule has 7 heteroatoms. The van der Waals surface area contributed by atoms with E-state index in [0.29, 0.717) is 0 Å². The maximum absolute atomic E-state index is 13.2. The Labute approximate surface area is 192 Å². The van der Waals surface area contributed by atoms with Crippen LogP contribution in [-0.2, 0) is 9.59 Å². The Kier molecular flexibility index (Phi) is 14.7. The van der Waals surface area contributed by atoms with Gasteiger partial charge in [-0.05, 0) is 60.4 Å². The number of nitrogens with one attached hydrogen (secondary N) is 2. The van der Waals surface area contributed by atoms with Gasteiger partial charge in [-0.2, -0.15) is 27.0 Å². The molecule has 0 unspecified atom stereocenters. The quantitative estimate of drug-likeness (QED) is 0.648. The molecule has 172 valence electrons. The van der Waals surface area contributed by atoms with E-state index in [1.54, 1.807) is 0 Å². The summed E-state index contributed by atoms with van der Waals surface area (Å²) >= 11 is 0. The van der Waals surface area contributed by atoms with Crippen molar-refractivity contribution in [2.24, 2.45) is 5.92 Å². The molecule has 0 amide bonds. The lowest BCUT2D eigenvalue weighted by Gasteiger charge is -2.36. The van der Waals surface area contributed by atoms with Gasteiger partial charge in [-0.3, -0.25) is 14.9 Å². The van der Waals surface area contributed by atoms with Crippen LogP contribution in [0.1, 0.15) is 67.2 Å². The molecular weight excluding hydrogens is 402 g/mol. The molecule has 2 N–H and O–H groups in total. The van der Waals surface area contributed by atoms with Crippen molar-refractivity contribution in [3.8, 4) is 0 Å². The van der Waals surface area contributed by atoms with Crippen LogP contribution in [0.2, 0.25) is 0 Å². The van der Waals surface area contributed by atoms with Gasteiger partial charge in [0.1, 0.15) is 0 Å². The number of ketones is 2. The molecule has 5 nitrogen and oxygen atoms in total. The summed E-state index contributed by atoms with van der Waals surface area (Å²) in [6.45, 7) is 13.9. The highest BCUT2D eigenvalue weighted by molar-refractivity contribution is 7.59. The summed E-state index contributed by atoms with van der Waals surface area (Å²) in [5.41, 5.74) is -1.26. The average molecular weight is 448 g/mol. The summed E-state index contributed by atoms with van der Waals surface area (Å²) in [6.07, 6.45) is 7.76. The zero-order valence-corrected chi connectivity index (χ0v) is 21.5. The summed E-state index contributed by atoms with van der Waals surface area (Å²) in [6, 6.07) is 0.215. The van der Waals surface area contributed by atoms with Crippen LogP contribution in [-0.4, -0.2) is 60.3 Å². The number of Topliss-reactive ketones (excluding diaryl/α,β-unsaturated/α-hetero) is 2. The van der Waals surface area contributed by atoms with E-state index in [2.05, 4.69) is 48.6 Å². The van der Waals surface area contributed by atoms with Gasteiger partial charge in [0, 0.05) is 25.0 Å². The maximum atomic E-state index is 13.2. The molecule has 0 bridgehead atoms. The first-order chi connectivity index (χ1) is 12.5. The third-order valence-electron chi connectivity index (χ3n) is 5.55. The molecule has 0 radical (unpaired) electrons. The Morgan fingerprint density at radius 2 is 1.76 bits per heavy atom. The van der Waals surface area contributed by atoms with E-state index in [1.165, 1.54) is 0 Å². The molecule has 0 saturated heterocycles. The fraction of sp³-hybridized carbons (Fsp3) is 0.818. The summed E-state index contributed by atoms with van der Waals surface area (Å²) < 4.78 is 0. The molecule has 0 spiro atoms. The van der Waals surface area contributed by atoms with Gasteiger partial charge < -0.3 is 10.2 Å². The van der Waals surface area contributed by atoms with Crippen LogP contribution in [0, 0.1) is 5.92 Å². The van der Waals surface area contributed by atoms with Crippen LogP contribution in [0.4, 0.5) is 0 Å². The summed E-state index contributed by atoms with van der Waals surface area (Å²) in [5.74, 6) is 0.255. The smallest absolute Gasteiger partial charge is 0.166 e. The van der Waals surface area contributed by atoms with E-state index in [9.17, 15) is 9.59 Å². The molecule has 0 fully saturated rings. The number of carbonyl (C=O) groups is 2. The van der Waals surface area contributed by atoms with Crippen molar-refractivity contribution in [2.45, 2.75) is 84.3 Å². The van der Waals surface area contributed by atoms with E-state index in [4.69, 9.17) is 0 Å². The minimum absolute atomic E-state index is 0. The lowest BCUT2D eigenvalue weighted by atomic mass is 9.83. The Bertz CT molecular complexity index is 540. The summed E-state index contributed by atoms with van der Waals surface area (Å²) in [4.78, 5) is 28.2. The predicted octanol–water partition coefficient (Wildman–Crippen LogP) is 3.17. The molecule has 1 aliphatic heterocycles. The van der Waals surface area contributed by atoms with Crippen molar-refractivity contribution in [1.82, 2.24) is 15.5 Å². The molecule has 1 heterocycles. The molecule has 29 heavy (non-hydrogen) atoms. The fourth-order valence-electron chi connectivity index (χ4n) is 3.79. The van der Waals surface area contributed by atoms with Crippen LogP contribution in [0.5, 0.6) is 0 Å². The highest BCUT2D eigenvalue weighted by Gasteiger charge is 2.38. The van der Waals surface area contributed by atoms with Gasteiger partial charge >= 0.3 is 0 Å². The number of likely N-dealkylation sites (N-methyl/N-ethyl adjacent to an activating group) is 1. The van der Waals surface area contributed by atoms with Gasteiger partial charge in [-0.25, -0.2) is 0 Å². The van der Waals surface area contributed by atoms with Crippen molar-refractivity contribution < 1.29 is 9.59 Å². The predicted molar refractivity (Wildman–Crippen MR) is 134 cm³/mol. The highest BCUT2D eigenvalue weighted by atomic mass is 32.1. The second-order valence-corrected chi connectivity index (χ2v) is 9.13. The van der Waals surface area contributed by atoms with Crippen LogP contribution in [0.3, 0.4) is 0 Å². The molecule has 2 atom stereocenters. The monoisotopic (exact) mass is 447 g/mol. The van der Waals surface area contributed by atoms with Crippen LogP contribution in [0.15, 0.2) is 12.2 Å². The van der Waals surface area contributed by atoms with E-state index < -0.39 is 11.1 Å². The first kappa shape index (κ1) is 30.9. The SMILES string of the molecule is CC(C)N[C@@]1(C)CCN(C)CC=CCCC[C@@](C)(C(=O)C(C)C)NCC1=O.S.S. The lowest BCUT2D eigenvalue weighted by Crippen LogP contribution is -2.59. The lowest BCUT2D eigenvalue weighted by molar-refractivity contribution is -0.129. The maximum Gasteiger partial charge on any atom is 0.166 e. The van der Waals surface area contributed by atoms with Gasteiger partial charge in [0.2, 0.25) is 0 Å². The zero-order valence-electron chi connectivity index (χ0n) is 19.5. The van der Waals surface area contributed by atoms with E-state index in [1.807, 2.05) is 27.7 Å². The van der Waals surface area contributed by atoms with E-state index in [0.717, 1.165) is 38.8 Å². The first-order valence-electron chi connectivity index (χ1n) is 10.4. The van der Waals surface area contributed by atoms with Crippen LogP contribution >= 0.6 is 27.0 Å². The minimum Gasteiger partial charge on any atom is -0.303 e. The molecule has 0 aliphatic carbocycles. The molecular formula is C22H45N3O2S2. The van der Waals surface area contributed by atoms with E-state index in [-0.39, 0.29) is 57.1 Å². The Hall–Kier alpha value is -0.340. The number of nitrogens with zero attached hydrogens (tertiary/aromatic N) is 1. The molecule has 1 rings (SSSR count). The number of rotatable bonds is 4. The Balaban J connectivity index is 0. The van der Waals surface area contributed by atoms with Crippen molar-refractivity contribution in [3.05, 3.63) is 12.2 Å². The zero-order chi connectivity index (χ0) is 20.7. The highest BCUT2D eigenvalue weighted by Crippen LogP contribution is 2.21. The van der Waals surface area contributed by atoms with Crippen molar-refractivity contribution in [1.29, 1.82) is 0 Å². The topological polar surface area (TPSA) is 61.4 Å². The molecule has 0 aromatic heterocycles. The molecule has 1 aliphatic rings. The van der Waals surface area contributed by atoms with Crippen LogP contribution in [0.25, 0.3) is 0 Å². The van der Waals surface area contributed by atoms with Gasteiger partial charge in [-0.15, -0.1) is 0 Å². The first-order valence-corrected chi connectivity index (χ1v) is 10.4. The van der Waals surface area contributed by atoms with Crippen LogP contribution < -0.4 is 10.6 Å². The number of carbonyl (C=O) groups excluding carboxylic acids is 2. The molecule has 0 saturated carbocycles. The average Bonchev–Trinajstić information content (AvgIpc) is 2.58. The van der Waals surface area contributed by atoms with Gasteiger partial charge in [-0.1, -0.05) is 26.0 Å². The van der Waals surface area contributed by atoms with Crippen molar-refractivity contribution in [3.63, 3.8) is 0 Å².